The Morgan fingerprint density at radius 2 is 2.06 bits per heavy atom. The highest BCUT2D eigenvalue weighted by molar-refractivity contribution is 5.92. The van der Waals surface area contributed by atoms with Gasteiger partial charge in [-0.1, -0.05) is 0 Å². The Labute approximate surface area is 108 Å². The minimum atomic E-state index is -0.997. The van der Waals surface area contributed by atoms with Crippen LogP contribution in [-0.2, 0) is 11.8 Å². The number of hydrogen-bond acceptors (Lipinski definition) is 3. The van der Waals surface area contributed by atoms with Gasteiger partial charge < -0.3 is 10.4 Å². The molecule has 0 bridgehead atoms. The Balaban J connectivity index is 2.69. The van der Waals surface area contributed by atoms with E-state index in [1.165, 1.54) is 6.08 Å². The van der Waals surface area contributed by atoms with Crippen LogP contribution in [0.25, 0.3) is 6.08 Å². The molecule has 0 fully saturated rings. The average molecular weight is 251 g/mol. The van der Waals surface area contributed by atoms with Crippen LogP contribution in [0.5, 0.6) is 0 Å². The molecule has 5 heteroatoms. The summed E-state index contributed by atoms with van der Waals surface area (Å²) >= 11 is 0. The van der Waals surface area contributed by atoms with Crippen molar-refractivity contribution in [3.05, 3.63) is 24.0 Å². The molecule has 0 radical (unpaired) electrons. The first-order valence-corrected chi connectivity index (χ1v) is 5.84. The smallest absolute Gasteiger partial charge is 0.244 e. The molecule has 1 aromatic heterocycles. The van der Waals surface area contributed by atoms with E-state index in [1.54, 1.807) is 51.7 Å². The Hall–Kier alpha value is -1.62. The van der Waals surface area contributed by atoms with E-state index < -0.39 is 11.1 Å². The van der Waals surface area contributed by atoms with E-state index in [0.29, 0.717) is 0 Å². The molecule has 100 valence electrons. The van der Waals surface area contributed by atoms with E-state index in [2.05, 4.69) is 10.4 Å². The first-order chi connectivity index (χ1) is 8.13. The van der Waals surface area contributed by atoms with Crippen LogP contribution < -0.4 is 5.32 Å². The molecule has 0 atom stereocenters. The molecule has 0 aliphatic heterocycles. The lowest BCUT2D eigenvalue weighted by Crippen LogP contribution is -2.57. The van der Waals surface area contributed by atoms with Gasteiger partial charge in [-0.25, -0.2) is 0 Å². The minimum Gasteiger partial charge on any atom is -0.388 e. The maximum absolute atomic E-state index is 11.8. The molecule has 0 aliphatic carbocycles. The largest absolute Gasteiger partial charge is 0.388 e. The number of hydrogen-bond donors (Lipinski definition) is 2. The van der Waals surface area contributed by atoms with E-state index in [0.717, 1.165) is 5.69 Å². The van der Waals surface area contributed by atoms with Crippen LogP contribution in [0.4, 0.5) is 0 Å². The maximum Gasteiger partial charge on any atom is 0.244 e. The molecule has 2 N–H and O–H groups in total. The quantitative estimate of drug-likeness (QED) is 0.787. The Morgan fingerprint density at radius 1 is 1.44 bits per heavy atom. The molecule has 1 rings (SSSR count). The highest BCUT2D eigenvalue weighted by atomic mass is 16.3. The van der Waals surface area contributed by atoms with Gasteiger partial charge in [-0.3, -0.25) is 9.48 Å². The van der Waals surface area contributed by atoms with E-state index in [1.807, 2.05) is 6.07 Å². The minimum absolute atomic E-state index is 0.247. The van der Waals surface area contributed by atoms with Gasteiger partial charge >= 0.3 is 0 Å². The third kappa shape index (κ3) is 3.43. The number of nitrogens with one attached hydrogen (secondary N) is 1. The van der Waals surface area contributed by atoms with E-state index in [9.17, 15) is 9.90 Å². The molecule has 18 heavy (non-hydrogen) atoms. The lowest BCUT2D eigenvalue weighted by molar-refractivity contribution is -0.121. The molecule has 1 amide bonds. The van der Waals surface area contributed by atoms with Crippen LogP contribution in [0.15, 0.2) is 18.3 Å². The molecule has 0 saturated heterocycles. The van der Waals surface area contributed by atoms with Gasteiger partial charge in [-0.15, -0.1) is 0 Å². The lowest BCUT2D eigenvalue weighted by Gasteiger charge is -2.37. The molecular formula is C13H21N3O2. The SMILES string of the molecule is Cn1nccc1/C=C/C(=O)NC(C)(C)C(C)(C)O. The van der Waals surface area contributed by atoms with Crippen LogP contribution in [0.2, 0.25) is 0 Å². The summed E-state index contributed by atoms with van der Waals surface area (Å²) in [6.07, 6.45) is 4.78. The summed E-state index contributed by atoms with van der Waals surface area (Å²) in [5, 5.41) is 16.7. The highest BCUT2D eigenvalue weighted by Crippen LogP contribution is 2.20. The molecule has 1 heterocycles. The number of carbonyl (C=O) groups is 1. The third-order valence-corrected chi connectivity index (χ3v) is 3.23. The number of aromatic nitrogens is 2. The first kappa shape index (κ1) is 14.4. The summed E-state index contributed by atoms with van der Waals surface area (Å²) in [4.78, 5) is 11.8. The summed E-state index contributed by atoms with van der Waals surface area (Å²) in [7, 11) is 1.80. The summed E-state index contributed by atoms with van der Waals surface area (Å²) in [6.45, 7) is 6.89. The zero-order valence-electron chi connectivity index (χ0n) is 11.6. The number of amides is 1. The summed E-state index contributed by atoms with van der Waals surface area (Å²) in [5.74, 6) is -0.247. The predicted molar refractivity (Wildman–Crippen MR) is 70.8 cm³/mol. The van der Waals surface area contributed by atoms with E-state index >= 15 is 0 Å². The Morgan fingerprint density at radius 3 is 2.50 bits per heavy atom. The fourth-order valence-electron chi connectivity index (χ4n) is 1.21. The second kappa shape index (κ2) is 4.94. The zero-order chi connectivity index (χ0) is 14.0. The van der Waals surface area contributed by atoms with Crippen molar-refractivity contribution in [1.82, 2.24) is 15.1 Å². The van der Waals surface area contributed by atoms with Gasteiger partial charge in [0.2, 0.25) is 5.91 Å². The normalized spacial score (nSPS) is 13.0. The highest BCUT2D eigenvalue weighted by Gasteiger charge is 2.35. The van der Waals surface area contributed by atoms with Gasteiger partial charge in [0.1, 0.15) is 0 Å². The van der Waals surface area contributed by atoms with Crippen molar-refractivity contribution >= 4 is 12.0 Å². The third-order valence-electron chi connectivity index (χ3n) is 3.23. The Bertz CT molecular complexity index is 453. The molecule has 0 aromatic carbocycles. The molecule has 0 aliphatic rings. The number of carbonyl (C=O) groups excluding carboxylic acids is 1. The van der Waals surface area contributed by atoms with Crippen LogP contribution in [0.1, 0.15) is 33.4 Å². The monoisotopic (exact) mass is 251 g/mol. The van der Waals surface area contributed by atoms with Crippen LogP contribution in [0.3, 0.4) is 0 Å². The van der Waals surface area contributed by atoms with Crippen molar-refractivity contribution in [2.24, 2.45) is 7.05 Å². The van der Waals surface area contributed by atoms with Crippen molar-refractivity contribution in [3.63, 3.8) is 0 Å². The second-order valence-corrected chi connectivity index (χ2v) is 5.39. The van der Waals surface area contributed by atoms with Gasteiger partial charge in [-0.05, 0) is 39.8 Å². The topological polar surface area (TPSA) is 67.2 Å². The molecular weight excluding hydrogens is 230 g/mol. The standard InChI is InChI=1S/C13H21N3O2/c1-12(2,13(3,4)18)15-11(17)7-6-10-8-9-14-16(10)5/h6-9,18H,1-5H3,(H,15,17)/b7-6+. The van der Waals surface area contributed by atoms with Crippen molar-refractivity contribution in [2.75, 3.05) is 0 Å². The van der Waals surface area contributed by atoms with Crippen molar-refractivity contribution < 1.29 is 9.90 Å². The molecule has 0 spiro atoms. The lowest BCUT2D eigenvalue weighted by atomic mass is 9.86. The van der Waals surface area contributed by atoms with Gasteiger partial charge in [0.05, 0.1) is 16.8 Å². The van der Waals surface area contributed by atoms with Crippen molar-refractivity contribution in [3.8, 4) is 0 Å². The van der Waals surface area contributed by atoms with Gasteiger partial charge in [-0.2, -0.15) is 5.10 Å². The van der Waals surface area contributed by atoms with Crippen molar-refractivity contribution in [2.45, 2.75) is 38.8 Å². The summed E-state index contributed by atoms with van der Waals surface area (Å²) in [5.41, 5.74) is -0.865. The Kier molecular flexibility index (Phi) is 3.96. The average Bonchev–Trinajstić information content (AvgIpc) is 2.58. The fourth-order valence-corrected chi connectivity index (χ4v) is 1.21. The summed E-state index contributed by atoms with van der Waals surface area (Å²) < 4.78 is 1.67. The maximum atomic E-state index is 11.8. The molecule has 0 unspecified atom stereocenters. The number of nitrogens with zero attached hydrogens (tertiary/aromatic N) is 2. The zero-order valence-corrected chi connectivity index (χ0v) is 11.6. The number of aryl methyl sites for hydroxylation is 1. The van der Waals surface area contributed by atoms with Crippen LogP contribution >= 0.6 is 0 Å². The molecule has 5 nitrogen and oxygen atoms in total. The predicted octanol–water partition coefficient (Wildman–Crippen LogP) is 1.10. The van der Waals surface area contributed by atoms with Crippen LogP contribution in [-0.4, -0.2) is 31.9 Å². The second-order valence-electron chi connectivity index (χ2n) is 5.39. The van der Waals surface area contributed by atoms with Gasteiger partial charge in [0.25, 0.3) is 0 Å². The molecule has 0 saturated carbocycles. The van der Waals surface area contributed by atoms with Crippen LogP contribution in [0, 0.1) is 0 Å². The number of rotatable bonds is 4. The fraction of sp³-hybridized carbons (Fsp3) is 0.538. The van der Waals surface area contributed by atoms with Gasteiger partial charge in [0, 0.05) is 19.3 Å². The van der Waals surface area contributed by atoms with Crippen molar-refractivity contribution in [1.29, 1.82) is 0 Å². The summed E-state index contributed by atoms with van der Waals surface area (Å²) in [6, 6.07) is 1.81. The first-order valence-electron chi connectivity index (χ1n) is 5.84. The number of aliphatic hydroxyl groups is 1. The van der Waals surface area contributed by atoms with E-state index in [4.69, 9.17) is 0 Å². The van der Waals surface area contributed by atoms with Gasteiger partial charge in [0.15, 0.2) is 0 Å². The van der Waals surface area contributed by atoms with E-state index in [-0.39, 0.29) is 5.91 Å². The molecule has 1 aromatic rings.